The predicted molar refractivity (Wildman–Crippen MR) is 130 cm³/mol. The molecule has 9 heteroatoms. The number of hydrazine groups is 1. The summed E-state index contributed by atoms with van der Waals surface area (Å²) in [6, 6.07) is 18.7. The number of nitrogens with zero attached hydrogens (tertiary/aromatic N) is 2. The first kappa shape index (κ1) is 23.4. The van der Waals surface area contributed by atoms with Gasteiger partial charge in [0.2, 0.25) is 0 Å². The second-order valence-electron chi connectivity index (χ2n) is 7.95. The number of hydrogen-bond donors (Lipinski definition) is 3. The van der Waals surface area contributed by atoms with Crippen molar-refractivity contribution in [3.8, 4) is 0 Å². The van der Waals surface area contributed by atoms with Gasteiger partial charge in [0.05, 0.1) is 10.7 Å². The van der Waals surface area contributed by atoms with Gasteiger partial charge in [-0.2, -0.15) is 0 Å². The molecule has 3 aromatic rings. The van der Waals surface area contributed by atoms with E-state index in [-0.39, 0.29) is 12.5 Å². The quantitative estimate of drug-likeness (QED) is 0.459. The van der Waals surface area contributed by atoms with Crippen LogP contribution in [0.5, 0.6) is 0 Å². The third-order valence-corrected chi connectivity index (χ3v) is 5.88. The highest BCUT2D eigenvalue weighted by Crippen LogP contribution is 2.32. The highest BCUT2D eigenvalue weighted by Gasteiger charge is 2.34. The van der Waals surface area contributed by atoms with Crippen molar-refractivity contribution >= 4 is 34.9 Å². The van der Waals surface area contributed by atoms with Crippen LogP contribution in [-0.4, -0.2) is 30.0 Å². The maximum absolute atomic E-state index is 13.9. The van der Waals surface area contributed by atoms with Crippen molar-refractivity contribution in [3.05, 3.63) is 94.8 Å². The maximum atomic E-state index is 13.9. The minimum absolute atomic E-state index is 0.274. The Morgan fingerprint density at radius 2 is 1.76 bits per heavy atom. The van der Waals surface area contributed by atoms with Crippen LogP contribution in [0.25, 0.3) is 0 Å². The number of halogens is 2. The molecule has 3 amide bonds. The average Bonchev–Trinajstić information content (AvgIpc) is 3.33. The molecule has 0 saturated carbocycles. The van der Waals surface area contributed by atoms with E-state index >= 15 is 0 Å². The Balaban J connectivity index is 1.53. The molecule has 1 aliphatic rings. The van der Waals surface area contributed by atoms with E-state index in [9.17, 15) is 14.0 Å². The average molecular weight is 482 g/mol. The van der Waals surface area contributed by atoms with Crippen molar-refractivity contribution < 1.29 is 14.0 Å². The van der Waals surface area contributed by atoms with Gasteiger partial charge < -0.3 is 16.4 Å². The molecule has 0 unspecified atom stereocenters. The van der Waals surface area contributed by atoms with Crippen LogP contribution in [0.1, 0.15) is 23.6 Å². The third kappa shape index (κ3) is 5.40. The molecule has 0 aliphatic carbocycles. The number of carbonyl (C=O) groups is 2. The van der Waals surface area contributed by atoms with Gasteiger partial charge in [-0.05, 0) is 41.8 Å². The fourth-order valence-corrected chi connectivity index (χ4v) is 4.07. The number of benzene rings is 3. The number of hydrogen-bond acceptors (Lipinski definition) is 4. The predicted octanol–water partition coefficient (Wildman–Crippen LogP) is 4.26. The minimum atomic E-state index is -0.944. The highest BCUT2D eigenvalue weighted by molar-refractivity contribution is 6.33. The number of carbonyl (C=O) groups excluding carboxylic acids is 2. The normalized spacial score (nSPS) is 14.1. The minimum Gasteiger partial charge on any atom is -0.399 e. The standard InChI is InChI=1S/C25H25ClFN5O2/c26-21-12-9-19(27)15-22(21)31-13-4-14-32(31)24(33)23(18-5-2-1-3-6-18)30-25(34)29-16-17-7-10-20(28)11-8-17/h1-3,5-12,15,23H,4,13-14,16,28H2,(H2,29,30,34)/t23-/m0/s1. The third-order valence-electron chi connectivity index (χ3n) is 5.56. The lowest BCUT2D eigenvalue weighted by Crippen LogP contribution is -2.49. The number of nitrogen functional groups attached to an aromatic ring is 1. The summed E-state index contributed by atoms with van der Waals surface area (Å²) < 4.78 is 13.9. The van der Waals surface area contributed by atoms with Gasteiger partial charge in [-0.15, -0.1) is 0 Å². The number of urea groups is 1. The van der Waals surface area contributed by atoms with E-state index in [1.165, 1.54) is 23.2 Å². The highest BCUT2D eigenvalue weighted by atomic mass is 35.5. The van der Waals surface area contributed by atoms with Crippen molar-refractivity contribution in [2.24, 2.45) is 0 Å². The summed E-state index contributed by atoms with van der Waals surface area (Å²) >= 11 is 6.30. The summed E-state index contributed by atoms with van der Waals surface area (Å²) in [6.07, 6.45) is 0.684. The van der Waals surface area contributed by atoms with Gasteiger partial charge in [0.15, 0.2) is 0 Å². The summed E-state index contributed by atoms with van der Waals surface area (Å²) in [7, 11) is 0. The molecule has 0 radical (unpaired) electrons. The molecule has 0 bridgehead atoms. The SMILES string of the molecule is Nc1ccc(CNC(=O)N[C@H](C(=O)N2CCCN2c2cc(F)ccc2Cl)c2ccccc2)cc1. The molecule has 0 spiro atoms. The molecule has 1 atom stereocenters. The van der Waals surface area contributed by atoms with E-state index in [2.05, 4.69) is 10.6 Å². The van der Waals surface area contributed by atoms with Gasteiger partial charge in [0.1, 0.15) is 11.9 Å². The fourth-order valence-electron chi connectivity index (χ4n) is 3.86. The van der Waals surface area contributed by atoms with E-state index in [1.807, 2.05) is 18.2 Å². The molecule has 7 nitrogen and oxygen atoms in total. The molecule has 1 fully saturated rings. The summed E-state index contributed by atoms with van der Waals surface area (Å²) in [6.45, 7) is 1.19. The molecular weight excluding hydrogens is 457 g/mol. The molecule has 0 aromatic heterocycles. The van der Waals surface area contributed by atoms with Crippen LogP contribution in [-0.2, 0) is 11.3 Å². The van der Waals surface area contributed by atoms with Crippen LogP contribution in [0.3, 0.4) is 0 Å². The zero-order valence-corrected chi connectivity index (χ0v) is 19.1. The lowest BCUT2D eigenvalue weighted by Gasteiger charge is -2.33. The Labute approximate surface area is 202 Å². The Hall–Kier alpha value is -3.78. The van der Waals surface area contributed by atoms with Crippen molar-refractivity contribution in [2.75, 3.05) is 23.8 Å². The first-order valence-electron chi connectivity index (χ1n) is 10.9. The summed E-state index contributed by atoms with van der Waals surface area (Å²) in [4.78, 5) is 26.4. The van der Waals surface area contributed by atoms with Gasteiger partial charge >= 0.3 is 6.03 Å². The number of rotatable bonds is 6. The van der Waals surface area contributed by atoms with Gasteiger partial charge in [-0.25, -0.2) is 9.18 Å². The summed E-state index contributed by atoms with van der Waals surface area (Å²) in [5.41, 5.74) is 8.25. The first-order chi connectivity index (χ1) is 16.4. The monoisotopic (exact) mass is 481 g/mol. The Kier molecular flexibility index (Phi) is 7.18. The zero-order chi connectivity index (χ0) is 24.1. The Morgan fingerprint density at radius 3 is 2.50 bits per heavy atom. The van der Waals surface area contributed by atoms with E-state index < -0.39 is 17.9 Å². The van der Waals surface area contributed by atoms with Crippen molar-refractivity contribution in [1.29, 1.82) is 0 Å². The van der Waals surface area contributed by atoms with Gasteiger partial charge in [0, 0.05) is 31.4 Å². The van der Waals surface area contributed by atoms with E-state index in [4.69, 9.17) is 17.3 Å². The topological polar surface area (TPSA) is 90.7 Å². The van der Waals surface area contributed by atoms with E-state index in [1.54, 1.807) is 41.4 Å². The van der Waals surface area contributed by atoms with Gasteiger partial charge in [-0.1, -0.05) is 54.1 Å². The molecule has 4 rings (SSSR count). The molecule has 34 heavy (non-hydrogen) atoms. The first-order valence-corrected chi connectivity index (χ1v) is 11.3. The lowest BCUT2D eigenvalue weighted by atomic mass is 10.1. The van der Waals surface area contributed by atoms with Crippen molar-refractivity contribution in [1.82, 2.24) is 15.6 Å². The molecule has 4 N–H and O–H groups in total. The Bertz CT molecular complexity index is 1160. The number of amides is 3. The van der Waals surface area contributed by atoms with Gasteiger partial charge in [-0.3, -0.25) is 14.8 Å². The van der Waals surface area contributed by atoms with Crippen molar-refractivity contribution in [2.45, 2.75) is 19.0 Å². The molecule has 176 valence electrons. The second-order valence-corrected chi connectivity index (χ2v) is 8.35. The molecule has 1 aliphatic heterocycles. The largest absolute Gasteiger partial charge is 0.399 e. The fraction of sp³-hybridized carbons (Fsp3) is 0.200. The van der Waals surface area contributed by atoms with Crippen LogP contribution in [0, 0.1) is 5.82 Å². The van der Waals surface area contributed by atoms with Crippen LogP contribution in [0.2, 0.25) is 5.02 Å². The molecule has 1 saturated heterocycles. The van der Waals surface area contributed by atoms with Crippen molar-refractivity contribution in [3.63, 3.8) is 0 Å². The lowest BCUT2D eigenvalue weighted by molar-refractivity contribution is -0.132. The zero-order valence-electron chi connectivity index (χ0n) is 18.4. The smallest absolute Gasteiger partial charge is 0.315 e. The van der Waals surface area contributed by atoms with Crippen LogP contribution in [0.4, 0.5) is 20.6 Å². The van der Waals surface area contributed by atoms with Crippen LogP contribution < -0.4 is 21.4 Å². The number of anilines is 2. The van der Waals surface area contributed by atoms with E-state index in [0.717, 1.165) is 5.56 Å². The Morgan fingerprint density at radius 1 is 1.03 bits per heavy atom. The number of nitrogens with one attached hydrogen (secondary N) is 2. The molecule has 3 aromatic carbocycles. The van der Waals surface area contributed by atoms with Crippen LogP contribution >= 0.6 is 11.6 Å². The molecular formula is C25H25ClFN5O2. The van der Waals surface area contributed by atoms with E-state index in [0.29, 0.717) is 41.5 Å². The summed E-state index contributed by atoms with van der Waals surface area (Å²) in [5, 5.41) is 9.08. The maximum Gasteiger partial charge on any atom is 0.315 e. The van der Waals surface area contributed by atoms with Gasteiger partial charge in [0.25, 0.3) is 5.91 Å². The molecule has 1 heterocycles. The summed E-state index contributed by atoms with van der Waals surface area (Å²) in [5.74, 6) is -0.787. The second kappa shape index (κ2) is 10.4. The van der Waals surface area contributed by atoms with Crippen LogP contribution in [0.15, 0.2) is 72.8 Å². The number of nitrogens with two attached hydrogens (primary N) is 1.